The van der Waals surface area contributed by atoms with Crippen molar-refractivity contribution >= 4 is 12.0 Å². The van der Waals surface area contributed by atoms with Crippen molar-refractivity contribution < 1.29 is 14.7 Å². The highest BCUT2D eigenvalue weighted by molar-refractivity contribution is 5.78. The molecule has 1 aromatic rings. The van der Waals surface area contributed by atoms with E-state index in [0.29, 0.717) is 18.8 Å². The maximum atomic E-state index is 12.2. The maximum absolute atomic E-state index is 12.2. The van der Waals surface area contributed by atoms with Gasteiger partial charge in [-0.1, -0.05) is 0 Å². The van der Waals surface area contributed by atoms with Crippen LogP contribution < -0.4 is 5.32 Å². The van der Waals surface area contributed by atoms with Gasteiger partial charge in [0.25, 0.3) is 0 Å². The van der Waals surface area contributed by atoms with Gasteiger partial charge < -0.3 is 19.9 Å². The number of carbonyl (C=O) groups is 2. The van der Waals surface area contributed by atoms with Crippen molar-refractivity contribution in [1.29, 1.82) is 0 Å². The lowest BCUT2D eigenvalue weighted by molar-refractivity contribution is -0.142. The van der Waals surface area contributed by atoms with Crippen LogP contribution in [0.4, 0.5) is 4.79 Å². The Morgan fingerprint density at radius 1 is 1.55 bits per heavy atom. The molecule has 2 N–H and O–H groups in total. The molecule has 3 unspecified atom stereocenters. The molecular weight excluding hydrogens is 262 g/mol. The highest BCUT2D eigenvalue weighted by Gasteiger charge is 2.38. The zero-order valence-corrected chi connectivity index (χ0v) is 11.8. The van der Waals surface area contributed by atoms with Crippen LogP contribution in [0.25, 0.3) is 0 Å². The molecule has 8 nitrogen and oxygen atoms in total. The summed E-state index contributed by atoms with van der Waals surface area (Å²) in [5.74, 6) is -0.694. The van der Waals surface area contributed by atoms with E-state index in [1.54, 1.807) is 29.8 Å². The number of aromatic nitrogens is 3. The van der Waals surface area contributed by atoms with E-state index in [2.05, 4.69) is 15.5 Å². The number of aliphatic carboxylic acids is 1. The lowest BCUT2D eigenvalue weighted by Gasteiger charge is -2.25. The van der Waals surface area contributed by atoms with E-state index in [0.717, 1.165) is 0 Å². The van der Waals surface area contributed by atoms with Gasteiger partial charge in [-0.05, 0) is 20.3 Å². The van der Waals surface area contributed by atoms with E-state index in [9.17, 15) is 9.59 Å². The number of rotatable bonds is 3. The molecule has 1 saturated heterocycles. The van der Waals surface area contributed by atoms with Crippen LogP contribution in [0.1, 0.15) is 32.1 Å². The summed E-state index contributed by atoms with van der Waals surface area (Å²) in [5, 5.41) is 19.6. The summed E-state index contributed by atoms with van der Waals surface area (Å²) in [7, 11) is 1.80. The molecule has 1 aliphatic rings. The van der Waals surface area contributed by atoms with Crippen LogP contribution in [-0.2, 0) is 11.8 Å². The van der Waals surface area contributed by atoms with Crippen molar-refractivity contribution in [2.75, 3.05) is 6.54 Å². The van der Waals surface area contributed by atoms with E-state index in [1.165, 1.54) is 0 Å². The van der Waals surface area contributed by atoms with Gasteiger partial charge in [0.05, 0.1) is 12.0 Å². The lowest BCUT2D eigenvalue weighted by atomic mass is 10.0. The first-order valence-corrected chi connectivity index (χ1v) is 6.55. The molecule has 2 amide bonds. The van der Waals surface area contributed by atoms with Gasteiger partial charge in [0.2, 0.25) is 0 Å². The van der Waals surface area contributed by atoms with Crippen molar-refractivity contribution in [2.24, 2.45) is 13.0 Å². The minimum absolute atomic E-state index is 0.267. The summed E-state index contributed by atoms with van der Waals surface area (Å²) >= 11 is 0. The maximum Gasteiger partial charge on any atom is 0.318 e. The normalized spacial score (nSPS) is 23.6. The summed E-state index contributed by atoms with van der Waals surface area (Å²) in [6.45, 7) is 4.03. The van der Waals surface area contributed by atoms with Crippen LogP contribution in [0.15, 0.2) is 6.33 Å². The Bertz CT molecular complexity index is 515. The molecule has 2 rings (SSSR count). The van der Waals surface area contributed by atoms with Crippen LogP contribution in [0.3, 0.4) is 0 Å². The second kappa shape index (κ2) is 5.48. The lowest BCUT2D eigenvalue weighted by Crippen LogP contribution is -2.44. The molecule has 3 atom stereocenters. The second-order valence-electron chi connectivity index (χ2n) is 5.14. The number of nitrogens with zero attached hydrogens (tertiary/aromatic N) is 4. The highest BCUT2D eigenvalue weighted by Crippen LogP contribution is 2.24. The van der Waals surface area contributed by atoms with Gasteiger partial charge in [-0.3, -0.25) is 4.79 Å². The Hall–Kier alpha value is -2.12. The average Bonchev–Trinajstić information content (AvgIpc) is 2.95. The number of aryl methyl sites for hydroxylation is 1. The number of hydrogen-bond acceptors (Lipinski definition) is 4. The van der Waals surface area contributed by atoms with Crippen LogP contribution in [0.5, 0.6) is 0 Å². The monoisotopic (exact) mass is 281 g/mol. The fraction of sp³-hybridized carbons (Fsp3) is 0.667. The summed E-state index contributed by atoms with van der Waals surface area (Å²) in [6.07, 6.45) is 2.05. The molecule has 8 heteroatoms. The molecule has 110 valence electrons. The molecule has 0 radical (unpaired) electrons. The standard InChI is InChI=1S/C12H19N5O3/c1-7(10-15-13-6-16(10)3)14-12(20)17-5-4-9(8(17)2)11(18)19/h6-9H,4-5H2,1-3H3,(H,14,20)(H,18,19). The Kier molecular flexibility index (Phi) is 3.91. The van der Waals surface area contributed by atoms with Crippen molar-refractivity contribution in [2.45, 2.75) is 32.4 Å². The third-order valence-corrected chi connectivity index (χ3v) is 3.81. The van der Waals surface area contributed by atoms with Gasteiger partial charge in [-0.25, -0.2) is 4.79 Å². The number of likely N-dealkylation sites (tertiary alicyclic amines) is 1. The quantitative estimate of drug-likeness (QED) is 0.834. The van der Waals surface area contributed by atoms with Gasteiger partial charge in [-0.2, -0.15) is 0 Å². The van der Waals surface area contributed by atoms with Gasteiger partial charge in [0.1, 0.15) is 6.33 Å². The SMILES string of the molecule is CC(NC(=O)N1CCC(C(=O)O)C1C)c1nncn1C. The first-order valence-electron chi connectivity index (χ1n) is 6.55. The Labute approximate surface area is 116 Å². The Morgan fingerprint density at radius 2 is 2.25 bits per heavy atom. The molecular formula is C12H19N5O3. The zero-order chi connectivity index (χ0) is 14.9. The molecule has 0 bridgehead atoms. The number of carboxylic acids is 1. The van der Waals surface area contributed by atoms with Crippen LogP contribution in [0, 0.1) is 5.92 Å². The fourth-order valence-corrected chi connectivity index (χ4v) is 2.57. The first kappa shape index (κ1) is 14.3. The summed E-state index contributed by atoms with van der Waals surface area (Å²) in [6, 6.07) is -0.859. The summed E-state index contributed by atoms with van der Waals surface area (Å²) in [4.78, 5) is 24.8. The fourth-order valence-electron chi connectivity index (χ4n) is 2.57. The largest absolute Gasteiger partial charge is 0.481 e. The van der Waals surface area contributed by atoms with E-state index in [-0.39, 0.29) is 18.1 Å². The van der Waals surface area contributed by atoms with Gasteiger partial charge in [-0.15, -0.1) is 10.2 Å². The summed E-state index contributed by atoms with van der Waals surface area (Å²) < 4.78 is 1.73. The Balaban J connectivity index is 1.99. The number of urea groups is 1. The molecule has 1 aliphatic heterocycles. The molecule has 0 saturated carbocycles. The van der Waals surface area contributed by atoms with E-state index >= 15 is 0 Å². The number of nitrogens with one attached hydrogen (secondary N) is 1. The number of carboxylic acid groups (broad SMARTS) is 1. The van der Waals surface area contributed by atoms with Gasteiger partial charge in [0, 0.05) is 19.6 Å². The smallest absolute Gasteiger partial charge is 0.318 e. The van der Waals surface area contributed by atoms with Gasteiger partial charge in [0.15, 0.2) is 5.82 Å². The van der Waals surface area contributed by atoms with Crippen LogP contribution >= 0.6 is 0 Å². The first-order chi connectivity index (χ1) is 9.41. The molecule has 2 heterocycles. The minimum atomic E-state index is -0.853. The molecule has 0 aromatic carbocycles. The average molecular weight is 281 g/mol. The number of amides is 2. The van der Waals surface area contributed by atoms with E-state index in [1.807, 2.05) is 6.92 Å². The molecule has 1 aromatic heterocycles. The van der Waals surface area contributed by atoms with Crippen molar-refractivity contribution in [1.82, 2.24) is 25.0 Å². The van der Waals surface area contributed by atoms with Gasteiger partial charge >= 0.3 is 12.0 Å². The number of carbonyl (C=O) groups excluding carboxylic acids is 1. The molecule has 0 spiro atoms. The highest BCUT2D eigenvalue weighted by atomic mass is 16.4. The van der Waals surface area contributed by atoms with E-state index < -0.39 is 11.9 Å². The van der Waals surface area contributed by atoms with Crippen LogP contribution in [0.2, 0.25) is 0 Å². The van der Waals surface area contributed by atoms with Crippen molar-refractivity contribution in [3.63, 3.8) is 0 Å². The third-order valence-electron chi connectivity index (χ3n) is 3.81. The summed E-state index contributed by atoms with van der Waals surface area (Å²) in [5.41, 5.74) is 0. The number of hydrogen-bond donors (Lipinski definition) is 2. The third kappa shape index (κ3) is 2.59. The Morgan fingerprint density at radius 3 is 2.75 bits per heavy atom. The molecule has 20 heavy (non-hydrogen) atoms. The second-order valence-corrected chi connectivity index (χ2v) is 5.14. The zero-order valence-electron chi connectivity index (χ0n) is 11.8. The topological polar surface area (TPSA) is 100 Å². The predicted octanol–water partition coefficient (Wildman–Crippen LogP) is 0.381. The molecule has 1 fully saturated rings. The van der Waals surface area contributed by atoms with E-state index in [4.69, 9.17) is 5.11 Å². The van der Waals surface area contributed by atoms with Crippen molar-refractivity contribution in [3.8, 4) is 0 Å². The van der Waals surface area contributed by atoms with Crippen LogP contribution in [-0.4, -0.2) is 49.4 Å². The molecule has 0 aliphatic carbocycles. The minimum Gasteiger partial charge on any atom is -0.481 e. The predicted molar refractivity (Wildman–Crippen MR) is 69.9 cm³/mol. The van der Waals surface area contributed by atoms with Crippen molar-refractivity contribution in [3.05, 3.63) is 12.2 Å².